The molecule has 0 saturated carbocycles. The maximum absolute atomic E-state index is 13.6. The van der Waals surface area contributed by atoms with Crippen LogP contribution in [0, 0.1) is 11.6 Å². The van der Waals surface area contributed by atoms with Crippen molar-refractivity contribution in [2.75, 3.05) is 20.1 Å². The fourth-order valence-corrected chi connectivity index (χ4v) is 2.51. The second-order valence-corrected chi connectivity index (χ2v) is 5.29. The molecule has 0 spiro atoms. The third-order valence-electron chi connectivity index (χ3n) is 3.68. The number of halogens is 2. The van der Waals surface area contributed by atoms with Crippen LogP contribution in [0.3, 0.4) is 0 Å². The standard InChI is InChI=1S/C14H19F2NO/c1-17-7-2-5-14(18,6-8-17)10-11-3-4-12(15)9-13(11)16/h3-4,9,18H,2,5-8,10H2,1H3. The monoisotopic (exact) mass is 255 g/mol. The van der Waals surface area contributed by atoms with E-state index in [0.29, 0.717) is 18.4 Å². The fourth-order valence-electron chi connectivity index (χ4n) is 2.51. The molecule has 1 aliphatic rings. The van der Waals surface area contributed by atoms with Crippen LogP contribution in [0.2, 0.25) is 0 Å². The SMILES string of the molecule is CN1CCCC(O)(Cc2ccc(F)cc2F)CC1. The van der Waals surface area contributed by atoms with E-state index < -0.39 is 17.2 Å². The van der Waals surface area contributed by atoms with E-state index in [0.717, 1.165) is 25.6 Å². The first kappa shape index (κ1) is 13.4. The zero-order chi connectivity index (χ0) is 13.2. The second kappa shape index (κ2) is 5.33. The van der Waals surface area contributed by atoms with Gasteiger partial charge in [-0.15, -0.1) is 0 Å². The summed E-state index contributed by atoms with van der Waals surface area (Å²) in [6.45, 7) is 1.76. The third kappa shape index (κ3) is 3.27. The van der Waals surface area contributed by atoms with Gasteiger partial charge in [-0.2, -0.15) is 0 Å². The van der Waals surface area contributed by atoms with Crippen molar-refractivity contribution in [1.82, 2.24) is 4.90 Å². The summed E-state index contributed by atoms with van der Waals surface area (Å²) in [7, 11) is 2.02. The van der Waals surface area contributed by atoms with Crippen molar-refractivity contribution in [2.24, 2.45) is 0 Å². The summed E-state index contributed by atoms with van der Waals surface area (Å²) >= 11 is 0. The minimum atomic E-state index is -0.872. The highest BCUT2D eigenvalue weighted by atomic mass is 19.1. The molecule has 1 fully saturated rings. The number of rotatable bonds is 2. The summed E-state index contributed by atoms with van der Waals surface area (Å²) in [6, 6.07) is 3.55. The average Bonchev–Trinajstić information content (AvgIpc) is 2.46. The van der Waals surface area contributed by atoms with Gasteiger partial charge in [0.2, 0.25) is 0 Å². The van der Waals surface area contributed by atoms with Crippen LogP contribution >= 0.6 is 0 Å². The van der Waals surface area contributed by atoms with Crippen LogP contribution in [0.25, 0.3) is 0 Å². The van der Waals surface area contributed by atoms with Crippen molar-refractivity contribution in [1.29, 1.82) is 0 Å². The Kier molecular flexibility index (Phi) is 3.97. The zero-order valence-electron chi connectivity index (χ0n) is 10.6. The van der Waals surface area contributed by atoms with Gasteiger partial charge >= 0.3 is 0 Å². The molecule has 1 N–H and O–H groups in total. The largest absolute Gasteiger partial charge is 0.389 e. The number of aliphatic hydroxyl groups is 1. The van der Waals surface area contributed by atoms with Crippen molar-refractivity contribution in [3.63, 3.8) is 0 Å². The molecule has 0 amide bonds. The summed E-state index contributed by atoms with van der Waals surface area (Å²) < 4.78 is 26.4. The Hall–Kier alpha value is -1.00. The molecule has 1 heterocycles. The molecule has 0 bridgehead atoms. The van der Waals surface area contributed by atoms with Crippen LogP contribution in [0.15, 0.2) is 18.2 Å². The Labute approximate surface area is 106 Å². The average molecular weight is 255 g/mol. The highest BCUT2D eigenvalue weighted by Gasteiger charge is 2.30. The van der Waals surface area contributed by atoms with E-state index in [4.69, 9.17) is 0 Å². The van der Waals surface area contributed by atoms with Gasteiger partial charge in [-0.25, -0.2) is 8.78 Å². The highest BCUT2D eigenvalue weighted by molar-refractivity contribution is 5.20. The number of hydrogen-bond acceptors (Lipinski definition) is 2. The van der Waals surface area contributed by atoms with Crippen LogP contribution in [0.5, 0.6) is 0 Å². The maximum Gasteiger partial charge on any atom is 0.129 e. The predicted octanol–water partition coefficient (Wildman–Crippen LogP) is 2.35. The van der Waals surface area contributed by atoms with E-state index in [1.165, 1.54) is 12.1 Å². The molecule has 2 rings (SSSR count). The lowest BCUT2D eigenvalue weighted by atomic mass is 9.87. The Balaban J connectivity index is 2.11. The van der Waals surface area contributed by atoms with Gasteiger partial charge in [0.1, 0.15) is 11.6 Å². The molecule has 2 nitrogen and oxygen atoms in total. The molecule has 1 unspecified atom stereocenters. The molecule has 0 radical (unpaired) electrons. The van der Waals surface area contributed by atoms with Crippen molar-refractivity contribution in [3.05, 3.63) is 35.4 Å². The number of nitrogens with zero attached hydrogens (tertiary/aromatic N) is 1. The lowest BCUT2D eigenvalue weighted by Gasteiger charge is -2.27. The molecule has 1 atom stereocenters. The topological polar surface area (TPSA) is 23.5 Å². The summed E-state index contributed by atoms with van der Waals surface area (Å²) in [5.41, 5.74) is -0.480. The van der Waals surface area contributed by atoms with Crippen molar-refractivity contribution in [2.45, 2.75) is 31.3 Å². The molecular formula is C14H19F2NO. The van der Waals surface area contributed by atoms with Crippen molar-refractivity contribution >= 4 is 0 Å². The van der Waals surface area contributed by atoms with Crippen LogP contribution in [-0.2, 0) is 6.42 Å². The third-order valence-corrected chi connectivity index (χ3v) is 3.68. The molecule has 1 aromatic carbocycles. The maximum atomic E-state index is 13.6. The summed E-state index contributed by atoms with van der Waals surface area (Å²) in [6.07, 6.45) is 2.44. The van der Waals surface area contributed by atoms with Crippen LogP contribution in [0.4, 0.5) is 8.78 Å². The van der Waals surface area contributed by atoms with Gasteiger partial charge in [0.15, 0.2) is 0 Å². The minimum absolute atomic E-state index is 0.257. The number of likely N-dealkylation sites (tertiary alicyclic amines) is 1. The molecule has 0 aromatic heterocycles. The van der Waals surface area contributed by atoms with Crippen LogP contribution in [0.1, 0.15) is 24.8 Å². The molecular weight excluding hydrogens is 236 g/mol. The van der Waals surface area contributed by atoms with Crippen LogP contribution < -0.4 is 0 Å². The van der Waals surface area contributed by atoms with Gasteiger partial charge in [0.25, 0.3) is 0 Å². The number of benzene rings is 1. The lowest BCUT2D eigenvalue weighted by Crippen LogP contribution is -2.33. The first-order valence-electron chi connectivity index (χ1n) is 6.33. The predicted molar refractivity (Wildman–Crippen MR) is 66.4 cm³/mol. The first-order chi connectivity index (χ1) is 8.48. The van der Waals surface area contributed by atoms with E-state index in [9.17, 15) is 13.9 Å². The number of hydrogen-bond donors (Lipinski definition) is 1. The quantitative estimate of drug-likeness (QED) is 0.877. The van der Waals surface area contributed by atoms with Gasteiger partial charge in [-0.1, -0.05) is 6.07 Å². The highest BCUT2D eigenvalue weighted by Crippen LogP contribution is 2.27. The molecule has 0 aliphatic carbocycles. The molecule has 100 valence electrons. The second-order valence-electron chi connectivity index (χ2n) is 5.29. The summed E-state index contributed by atoms with van der Waals surface area (Å²) in [4.78, 5) is 2.17. The van der Waals surface area contributed by atoms with Crippen molar-refractivity contribution < 1.29 is 13.9 Å². The van der Waals surface area contributed by atoms with Gasteiger partial charge < -0.3 is 10.0 Å². The molecule has 1 aliphatic heterocycles. The van der Waals surface area contributed by atoms with E-state index >= 15 is 0 Å². The van der Waals surface area contributed by atoms with Crippen LogP contribution in [-0.4, -0.2) is 35.7 Å². The minimum Gasteiger partial charge on any atom is -0.389 e. The lowest BCUT2D eigenvalue weighted by molar-refractivity contribution is 0.0255. The van der Waals surface area contributed by atoms with Gasteiger partial charge in [-0.3, -0.25) is 0 Å². The van der Waals surface area contributed by atoms with Crippen molar-refractivity contribution in [3.8, 4) is 0 Å². The Morgan fingerprint density at radius 3 is 2.78 bits per heavy atom. The molecule has 4 heteroatoms. The van der Waals surface area contributed by atoms with E-state index in [1.807, 2.05) is 7.05 Å². The van der Waals surface area contributed by atoms with E-state index in [2.05, 4.69) is 4.90 Å². The Morgan fingerprint density at radius 2 is 2.06 bits per heavy atom. The molecule has 1 saturated heterocycles. The normalized spacial score (nSPS) is 26.0. The zero-order valence-corrected chi connectivity index (χ0v) is 10.6. The Morgan fingerprint density at radius 1 is 1.28 bits per heavy atom. The van der Waals surface area contributed by atoms with E-state index in [-0.39, 0.29) is 6.42 Å². The first-order valence-corrected chi connectivity index (χ1v) is 6.33. The fraction of sp³-hybridized carbons (Fsp3) is 0.571. The Bertz CT molecular complexity index is 424. The molecule has 1 aromatic rings. The molecule has 18 heavy (non-hydrogen) atoms. The summed E-state index contributed by atoms with van der Waals surface area (Å²) in [5, 5.41) is 10.5. The van der Waals surface area contributed by atoms with E-state index in [1.54, 1.807) is 0 Å². The van der Waals surface area contributed by atoms with Gasteiger partial charge in [-0.05, 0) is 44.5 Å². The van der Waals surface area contributed by atoms with Gasteiger partial charge in [0.05, 0.1) is 5.60 Å². The summed E-state index contributed by atoms with van der Waals surface area (Å²) in [5.74, 6) is -1.15. The smallest absolute Gasteiger partial charge is 0.129 e. The van der Waals surface area contributed by atoms with Gasteiger partial charge in [0, 0.05) is 19.0 Å².